The van der Waals surface area contributed by atoms with E-state index in [0.29, 0.717) is 12.0 Å². The number of aromatic nitrogens is 2. The highest BCUT2D eigenvalue weighted by Crippen LogP contribution is 2.65. The van der Waals surface area contributed by atoms with Crippen molar-refractivity contribution in [3.8, 4) is 0 Å². The summed E-state index contributed by atoms with van der Waals surface area (Å²) in [6.07, 6.45) is -0.408. The SMILES string of the molecule is CO[C@@H]1C(C(F)(F)F)=C2c3ccc4[nH]ncc4c3C[C@@]23CC[C@@H]1C3. The van der Waals surface area contributed by atoms with Crippen LogP contribution in [-0.2, 0) is 11.2 Å². The van der Waals surface area contributed by atoms with Crippen LogP contribution in [0.25, 0.3) is 16.5 Å². The largest absolute Gasteiger partial charge is 0.415 e. The van der Waals surface area contributed by atoms with Crippen LogP contribution >= 0.6 is 0 Å². The maximum atomic E-state index is 14.0. The lowest BCUT2D eigenvalue weighted by molar-refractivity contribution is -0.115. The average Bonchev–Trinajstić information content (AvgIpc) is 3.21. The van der Waals surface area contributed by atoms with E-state index in [0.717, 1.165) is 41.3 Å². The molecule has 3 nitrogen and oxygen atoms in total. The van der Waals surface area contributed by atoms with Crippen LogP contribution in [-0.4, -0.2) is 29.6 Å². The van der Waals surface area contributed by atoms with E-state index in [-0.39, 0.29) is 11.3 Å². The number of alkyl halides is 3. The number of ether oxygens (including phenoxy) is 1. The highest BCUT2D eigenvalue weighted by molar-refractivity contribution is 5.93. The first-order chi connectivity index (χ1) is 11.4. The van der Waals surface area contributed by atoms with Crippen LogP contribution in [0.15, 0.2) is 23.9 Å². The van der Waals surface area contributed by atoms with Crippen LogP contribution < -0.4 is 0 Å². The molecule has 0 aliphatic heterocycles. The van der Waals surface area contributed by atoms with Crippen molar-refractivity contribution < 1.29 is 17.9 Å². The Morgan fingerprint density at radius 2 is 2.17 bits per heavy atom. The first-order valence-corrected chi connectivity index (χ1v) is 8.24. The van der Waals surface area contributed by atoms with Crippen molar-refractivity contribution in [3.05, 3.63) is 35.0 Å². The Bertz CT molecular complexity index is 882. The van der Waals surface area contributed by atoms with Crippen LogP contribution in [0, 0.1) is 11.3 Å². The summed E-state index contributed by atoms with van der Waals surface area (Å²) < 4.78 is 47.3. The summed E-state index contributed by atoms with van der Waals surface area (Å²) in [6, 6.07) is 3.67. The summed E-state index contributed by atoms with van der Waals surface area (Å²) in [6.45, 7) is 0. The second-order valence-electron chi connectivity index (χ2n) is 7.33. The van der Waals surface area contributed by atoms with Gasteiger partial charge in [0, 0.05) is 17.9 Å². The van der Waals surface area contributed by atoms with Gasteiger partial charge < -0.3 is 4.74 Å². The number of H-pyrrole nitrogens is 1. The van der Waals surface area contributed by atoms with E-state index in [1.807, 2.05) is 12.1 Å². The molecule has 1 aromatic carbocycles. The fourth-order valence-electron chi connectivity index (χ4n) is 5.45. The molecule has 0 radical (unpaired) electrons. The number of hydrogen-bond donors (Lipinski definition) is 1. The fraction of sp³-hybridized carbons (Fsp3) is 0.500. The van der Waals surface area contributed by atoms with Crippen LogP contribution in [0.2, 0.25) is 0 Å². The predicted octanol–water partition coefficient (Wildman–Crippen LogP) is 4.25. The topological polar surface area (TPSA) is 37.9 Å². The molecule has 1 saturated carbocycles. The van der Waals surface area contributed by atoms with Crippen LogP contribution in [0.1, 0.15) is 30.4 Å². The van der Waals surface area contributed by atoms with E-state index in [1.54, 1.807) is 6.20 Å². The molecule has 1 spiro atoms. The van der Waals surface area contributed by atoms with E-state index in [1.165, 1.54) is 7.11 Å². The van der Waals surface area contributed by atoms with Gasteiger partial charge in [0.25, 0.3) is 0 Å². The van der Waals surface area contributed by atoms with Gasteiger partial charge >= 0.3 is 6.18 Å². The molecular weight excluding hydrogens is 317 g/mol. The van der Waals surface area contributed by atoms with Gasteiger partial charge in [0.15, 0.2) is 0 Å². The predicted molar refractivity (Wildman–Crippen MR) is 83.3 cm³/mol. The lowest BCUT2D eigenvalue weighted by atomic mass is 9.70. The van der Waals surface area contributed by atoms with Crippen LogP contribution in [0.5, 0.6) is 0 Å². The van der Waals surface area contributed by atoms with Gasteiger partial charge in [0.1, 0.15) is 0 Å². The smallest absolute Gasteiger partial charge is 0.376 e. The van der Waals surface area contributed by atoms with E-state index < -0.39 is 17.9 Å². The van der Waals surface area contributed by atoms with Crippen molar-refractivity contribution in [2.75, 3.05) is 7.11 Å². The van der Waals surface area contributed by atoms with Crippen molar-refractivity contribution in [2.24, 2.45) is 11.3 Å². The second-order valence-corrected chi connectivity index (χ2v) is 7.33. The molecule has 2 bridgehead atoms. The second kappa shape index (κ2) is 4.42. The lowest BCUT2D eigenvalue weighted by Crippen LogP contribution is -2.38. The van der Waals surface area contributed by atoms with Crippen LogP contribution in [0.3, 0.4) is 0 Å². The summed E-state index contributed by atoms with van der Waals surface area (Å²) in [7, 11) is 1.40. The molecule has 0 unspecified atom stereocenters. The standard InChI is InChI=1S/C18H17F3N2O/c1-24-16-9-4-5-17(6-9)7-11-10(14(17)15(16)18(19,20)21)2-3-13-12(11)8-22-23-13/h2-3,8-9,16H,4-7H2,1H3,(H,22,23)/t9-,16+,17+/m1/s1. The summed E-state index contributed by atoms with van der Waals surface area (Å²) in [5.41, 5.74) is 2.32. The van der Waals surface area contributed by atoms with E-state index >= 15 is 0 Å². The maximum absolute atomic E-state index is 14.0. The third-order valence-corrected chi connectivity index (χ3v) is 6.24. The van der Waals surface area contributed by atoms with E-state index in [9.17, 15) is 13.2 Å². The number of methoxy groups -OCH3 is 1. The van der Waals surface area contributed by atoms with Gasteiger partial charge in [0.05, 0.1) is 23.4 Å². The summed E-state index contributed by atoms with van der Waals surface area (Å²) in [5, 5.41) is 7.93. The van der Waals surface area contributed by atoms with Gasteiger partial charge in [0.2, 0.25) is 0 Å². The number of nitrogens with one attached hydrogen (secondary N) is 1. The minimum Gasteiger partial charge on any atom is -0.376 e. The molecule has 1 heterocycles. The zero-order valence-corrected chi connectivity index (χ0v) is 13.2. The van der Waals surface area contributed by atoms with E-state index in [4.69, 9.17) is 4.74 Å². The molecule has 3 aliphatic rings. The molecule has 24 heavy (non-hydrogen) atoms. The van der Waals surface area contributed by atoms with E-state index in [2.05, 4.69) is 10.2 Å². The summed E-state index contributed by atoms with van der Waals surface area (Å²) in [5.74, 6) is -0.0375. The molecule has 126 valence electrons. The lowest BCUT2D eigenvalue weighted by Gasteiger charge is -2.38. The van der Waals surface area contributed by atoms with Crippen molar-refractivity contribution in [1.29, 1.82) is 0 Å². The van der Waals surface area contributed by atoms with Crippen molar-refractivity contribution in [1.82, 2.24) is 10.2 Å². The van der Waals surface area contributed by atoms with Crippen LogP contribution in [0.4, 0.5) is 13.2 Å². The number of benzene rings is 1. The first kappa shape index (κ1) is 14.5. The minimum absolute atomic E-state index is 0.0375. The number of halogens is 3. The quantitative estimate of drug-likeness (QED) is 0.847. The molecule has 3 atom stereocenters. The summed E-state index contributed by atoms with van der Waals surface area (Å²) >= 11 is 0. The Morgan fingerprint density at radius 3 is 2.92 bits per heavy atom. The van der Waals surface area contributed by atoms with Crippen molar-refractivity contribution >= 4 is 16.5 Å². The Balaban J connectivity index is 1.86. The number of allylic oxidation sites excluding steroid dienone is 1. The third kappa shape index (κ3) is 1.64. The Kier molecular flexibility index (Phi) is 2.67. The number of fused-ring (bicyclic) bond motifs is 5. The third-order valence-electron chi connectivity index (χ3n) is 6.24. The molecule has 6 heteroatoms. The summed E-state index contributed by atoms with van der Waals surface area (Å²) in [4.78, 5) is 0. The normalized spacial score (nSPS) is 31.7. The molecular formula is C18H17F3N2O. The molecule has 0 amide bonds. The van der Waals surface area contributed by atoms with Gasteiger partial charge in [-0.05, 0) is 54.4 Å². The molecule has 5 rings (SSSR count). The monoisotopic (exact) mass is 334 g/mol. The van der Waals surface area contributed by atoms with Crippen molar-refractivity contribution in [2.45, 2.75) is 38.0 Å². The fourth-order valence-corrected chi connectivity index (χ4v) is 5.45. The average molecular weight is 334 g/mol. The van der Waals surface area contributed by atoms with Gasteiger partial charge in [-0.3, -0.25) is 5.10 Å². The molecule has 1 fully saturated rings. The highest BCUT2D eigenvalue weighted by Gasteiger charge is 2.59. The van der Waals surface area contributed by atoms with Crippen molar-refractivity contribution in [3.63, 3.8) is 0 Å². The van der Waals surface area contributed by atoms with Gasteiger partial charge in [-0.25, -0.2) is 0 Å². The van der Waals surface area contributed by atoms with Gasteiger partial charge in [-0.15, -0.1) is 0 Å². The molecule has 1 N–H and O–H groups in total. The first-order valence-electron chi connectivity index (χ1n) is 8.24. The van der Waals surface area contributed by atoms with Gasteiger partial charge in [-0.2, -0.15) is 18.3 Å². The molecule has 2 aromatic rings. The molecule has 1 aromatic heterocycles. The number of nitrogens with zero attached hydrogens (tertiary/aromatic N) is 1. The number of aromatic amines is 1. The zero-order chi connectivity index (χ0) is 16.7. The Hall–Kier alpha value is -1.82. The number of hydrogen-bond acceptors (Lipinski definition) is 2. The number of rotatable bonds is 1. The maximum Gasteiger partial charge on any atom is 0.415 e. The highest BCUT2D eigenvalue weighted by atomic mass is 19.4. The minimum atomic E-state index is -4.36. The van der Waals surface area contributed by atoms with Gasteiger partial charge in [-0.1, -0.05) is 6.07 Å². The molecule has 3 aliphatic carbocycles. The molecule has 0 saturated heterocycles. The zero-order valence-electron chi connectivity index (χ0n) is 13.2. The Labute approximate surface area is 136 Å². The Morgan fingerprint density at radius 1 is 1.33 bits per heavy atom.